The maximum absolute atomic E-state index is 13.2. The number of hydrogen-bond donors (Lipinski definition) is 0. The summed E-state index contributed by atoms with van der Waals surface area (Å²) in [7, 11) is 0. The third-order valence-corrected chi connectivity index (χ3v) is 5.80. The Morgan fingerprint density at radius 1 is 1.03 bits per heavy atom. The highest BCUT2D eigenvalue weighted by atomic mass is 19.4. The van der Waals surface area contributed by atoms with E-state index in [1.807, 2.05) is 36.6 Å². The minimum atomic E-state index is -4.40. The van der Waals surface area contributed by atoms with E-state index < -0.39 is 11.7 Å². The van der Waals surface area contributed by atoms with Gasteiger partial charge in [0.25, 0.3) is 0 Å². The van der Waals surface area contributed by atoms with Crippen LogP contribution < -0.4 is 4.74 Å². The molecule has 0 spiro atoms. The summed E-state index contributed by atoms with van der Waals surface area (Å²) in [5, 5.41) is 0. The predicted octanol–water partition coefficient (Wildman–Crippen LogP) is 4.97. The molecule has 1 saturated heterocycles. The second-order valence-electron chi connectivity index (χ2n) is 8.25. The molecule has 2 heterocycles. The van der Waals surface area contributed by atoms with Crippen molar-refractivity contribution in [2.75, 3.05) is 32.8 Å². The van der Waals surface area contributed by atoms with Crippen LogP contribution in [0.3, 0.4) is 0 Å². The van der Waals surface area contributed by atoms with Crippen molar-refractivity contribution in [3.05, 3.63) is 58.9 Å². The van der Waals surface area contributed by atoms with Crippen LogP contribution in [0.5, 0.6) is 5.75 Å². The summed E-state index contributed by atoms with van der Waals surface area (Å²) in [5.41, 5.74) is 2.50. The summed E-state index contributed by atoms with van der Waals surface area (Å²) in [5.74, 6) is 1.37. The Kier molecular flexibility index (Phi) is 6.71. The molecule has 0 unspecified atom stereocenters. The summed E-state index contributed by atoms with van der Waals surface area (Å²) >= 11 is 0. The van der Waals surface area contributed by atoms with Crippen LogP contribution in [0.25, 0.3) is 11.0 Å². The van der Waals surface area contributed by atoms with E-state index in [0.717, 1.165) is 68.3 Å². The number of rotatable bonds is 7. The Morgan fingerprint density at radius 3 is 2.53 bits per heavy atom. The Hall–Kier alpha value is -2.58. The Balaban J connectivity index is 1.57. The van der Waals surface area contributed by atoms with Crippen LogP contribution in [0.2, 0.25) is 0 Å². The molecule has 8 heteroatoms. The molecule has 0 N–H and O–H groups in total. The summed E-state index contributed by atoms with van der Waals surface area (Å²) in [6, 6.07) is 9.68. The molecule has 0 atom stereocenters. The van der Waals surface area contributed by atoms with E-state index in [9.17, 15) is 13.2 Å². The van der Waals surface area contributed by atoms with Gasteiger partial charge < -0.3 is 14.0 Å². The summed E-state index contributed by atoms with van der Waals surface area (Å²) in [6.07, 6.45) is -3.53. The van der Waals surface area contributed by atoms with Gasteiger partial charge in [0.2, 0.25) is 0 Å². The number of imidazole rings is 1. The van der Waals surface area contributed by atoms with Crippen molar-refractivity contribution >= 4 is 11.0 Å². The highest BCUT2D eigenvalue weighted by Gasteiger charge is 2.31. The largest absolute Gasteiger partial charge is 0.485 e. The number of morpholine rings is 1. The van der Waals surface area contributed by atoms with Crippen molar-refractivity contribution in [2.24, 2.45) is 0 Å². The van der Waals surface area contributed by atoms with Gasteiger partial charge in [0.15, 0.2) is 0 Å². The maximum atomic E-state index is 13.2. The van der Waals surface area contributed by atoms with Crippen LogP contribution in [0.4, 0.5) is 13.2 Å². The van der Waals surface area contributed by atoms with E-state index >= 15 is 0 Å². The third-order valence-electron chi connectivity index (χ3n) is 5.80. The fourth-order valence-corrected chi connectivity index (χ4v) is 4.10. The number of nitrogens with zero attached hydrogens (tertiary/aromatic N) is 3. The Bertz CT molecular complexity index is 1070. The van der Waals surface area contributed by atoms with Gasteiger partial charge in [-0.05, 0) is 50.1 Å². The van der Waals surface area contributed by atoms with Crippen molar-refractivity contribution in [3.8, 4) is 5.75 Å². The normalized spacial score (nSPS) is 15.4. The zero-order chi connectivity index (χ0) is 22.7. The molecule has 0 amide bonds. The van der Waals surface area contributed by atoms with E-state index in [1.54, 1.807) is 0 Å². The van der Waals surface area contributed by atoms with Gasteiger partial charge in [-0.25, -0.2) is 4.98 Å². The van der Waals surface area contributed by atoms with Crippen LogP contribution in [-0.2, 0) is 24.1 Å². The van der Waals surface area contributed by atoms with E-state index in [-0.39, 0.29) is 6.61 Å². The topological polar surface area (TPSA) is 39.5 Å². The molecule has 0 radical (unpaired) electrons. The molecular weight excluding hydrogens is 419 g/mol. The first-order valence-electron chi connectivity index (χ1n) is 10.9. The molecule has 0 bridgehead atoms. The first-order chi connectivity index (χ1) is 15.3. The first-order valence-corrected chi connectivity index (χ1v) is 10.9. The average Bonchev–Trinajstić information content (AvgIpc) is 3.10. The molecule has 0 saturated carbocycles. The quantitative estimate of drug-likeness (QED) is 0.513. The van der Waals surface area contributed by atoms with E-state index in [4.69, 9.17) is 9.47 Å². The lowest BCUT2D eigenvalue weighted by Gasteiger charge is -2.26. The minimum absolute atomic E-state index is 0.192. The number of aromatic nitrogens is 2. The third kappa shape index (κ3) is 5.24. The van der Waals surface area contributed by atoms with Gasteiger partial charge in [-0.3, -0.25) is 4.90 Å². The number of ether oxygens (including phenoxy) is 2. The summed E-state index contributed by atoms with van der Waals surface area (Å²) in [4.78, 5) is 6.86. The predicted molar refractivity (Wildman–Crippen MR) is 117 cm³/mol. The van der Waals surface area contributed by atoms with Crippen LogP contribution in [0, 0.1) is 13.8 Å². The van der Waals surface area contributed by atoms with Crippen LogP contribution in [0.1, 0.15) is 28.9 Å². The van der Waals surface area contributed by atoms with Crippen LogP contribution in [-0.4, -0.2) is 47.3 Å². The van der Waals surface area contributed by atoms with Crippen molar-refractivity contribution in [1.82, 2.24) is 14.5 Å². The van der Waals surface area contributed by atoms with Crippen molar-refractivity contribution < 1.29 is 22.6 Å². The lowest BCUT2D eigenvalue weighted by molar-refractivity contribution is -0.137. The molecule has 1 aliphatic heterocycles. The van der Waals surface area contributed by atoms with Crippen molar-refractivity contribution in [2.45, 2.75) is 39.6 Å². The molecule has 1 aromatic heterocycles. The maximum Gasteiger partial charge on any atom is 0.416 e. The van der Waals surface area contributed by atoms with Crippen molar-refractivity contribution in [1.29, 1.82) is 0 Å². The number of hydrogen-bond acceptors (Lipinski definition) is 4. The fourth-order valence-electron chi connectivity index (χ4n) is 4.10. The number of alkyl halides is 3. The highest BCUT2D eigenvalue weighted by molar-refractivity contribution is 5.77. The SMILES string of the molecule is Cc1ccc(OCc2nc3cc(C(F)(F)F)ccc3n2CCCN2CCOCC2)c(C)c1. The lowest BCUT2D eigenvalue weighted by Crippen LogP contribution is -2.37. The zero-order valence-electron chi connectivity index (χ0n) is 18.4. The summed E-state index contributed by atoms with van der Waals surface area (Å²) in [6.45, 7) is 9.03. The van der Waals surface area contributed by atoms with Gasteiger partial charge >= 0.3 is 6.18 Å². The summed E-state index contributed by atoms with van der Waals surface area (Å²) < 4.78 is 53.0. The number of fused-ring (bicyclic) bond motifs is 1. The highest BCUT2D eigenvalue weighted by Crippen LogP contribution is 2.32. The smallest absolute Gasteiger partial charge is 0.416 e. The Labute approximate surface area is 185 Å². The fraction of sp³-hybridized carbons (Fsp3) is 0.458. The van der Waals surface area contributed by atoms with Gasteiger partial charge in [0, 0.05) is 26.2 Å². The second-order valence-corrected chi connectivity index (χ2v) is 8.25. The van der Waals surface area contributed by atoms with Gasteiger partial charge in [0.05, 0.1) is 29.8 Å². The second kappa shape index (κ2) is 9.50. The van der Waals surface area contributed by atoms with E-state index in [0.29, 0.717) is 23.4 Å². The number of aryl methyl sites for hydroxylation is 3. The van der Waals surface area contributed by atoms with Crippen LogP contribution >= 0.6 is 0 Å². The molecule has 0 aliphatic carbocycles. The molecule has 3 aromatic rings. The van der Waals surface area contributed by atoms with E-state index in [2.05, 4.69) is 9.88 Å². The molecule has 5 nitrogen and oxygen atoms in total. The number of halogens is 3. The monoisotopic (exact) mass is 447 g/mol. The molecule has 1 aliphatic rings. The van der Waals surface area contributed by atoms with Gasteiger partial charge in [-0.15, -0.1) is 0 Å². The molecule has 2 aromatic carbocycles. The Morgan fingerprint density at radius 2 is 1.81 bits per heavy atom. The lowest BCUT2D eigenvalue weighted by atomic mass is 10.1. The molecular formula is C24H28F3N3O2. The average molecular weight is 448 g/mol. The van der Waals surface area contributed by atoms with Crippen LogP contribution in [0.15, 0.2) is 36.4 Å². The molecule has 32 heavy (non-hydrogen) atoms. The molecule has 4 rings (SSSR count). The molecule has 1 fully saturated rings. The minimum Gasteiger partial charge on any atom is -0.485 e. The van der Waals surface area contributed by atoms with Crippen molar-refractivity contribution in [3.63, 3.8) is 0 Å². The molecule has 172 valence electrons. The van der Waals surface area contributed by atoms with Gasteiger partial charge in [0.1, 0.15) is 18.2 Å². The van der Waals surface area contributed by atoms with E-state index in [1.165, 1.54) is 6.07 Å². The standard InChI is InChI=1S/C24H28F3N3O2/c1-17-4-7-22(18(2)14-17)32-16-23-28-20-15-19(24(25,26)27)5-6-21(20)30(23)9-3-8-29-10-12-31-13-11-29/h4-7,14-15H,3,8-13,16H2,1-2H3. The number of benzene rings is 2. The zero-order valence-corrected chi connectivity index (χ0v) is 18.4. The van der Waals surface area contributed by atoms with Gasteiger partial charge in [-0.2, -0.15) is 13.2 Å². The van der Waals surface area contributed by atoms with Gasteiger partial charge in [-0.1, -0.05) is 17.7 Å². The first kappa shape index (κ1) is 22.6.